The van der Waals surface area contributed by atoms with Crippen LogP contribution in [0.1, 0.15) is 46.0 Å². The van der Waals surface area contributed by atoms with E-state index in [4.69, 9.17) is 38.4 Å². The number of ketones is 1. The van der Waals surface area contributed by atoms with Crippen LogP contribution in [0.25, 0.3) is 0 Å². The third-order valence-corrected chi connectivity index (χ3v) is 9.92. The van der Waals surface area contributed by atoms with Gasteiger partial charge in [0, 0.05) is 5.56 Å². The van der Waals surface area contributed by atoms with Gasteiger partial charge in [-0.25, -0.2) is 4.79 Å². The zero-order valence-corrected chi connectivity index (χ0v) is 24.6. The second-order valence-electron chi connectivity index (χ2n) is 10.9. The Kier molecular flexibility index (Phi) is 6.86. The molecule has 0 spiro atoms. The summed E-state index contributed by atoms with van der Waals surface area (Å²) in [6, 6.07) is 18.6. The number of alkyl halides is 2. The topological polar surface area (TPSA) is 133 Å². The van der Waals surface area contributed by atoms with Crippen LogP contribution < -0.4 is 10.5 Å². The Bertz CT molecular complexity index is 1580. The van der Waals surface area contributed by atoms with Gasteiger partial charge < -0.3 is 15.2 Å². The lowest BCUT2D eigenvalue weighted by atomic mass is 9.54. The number of carbonyl (C=O) groups excluding carboxylic acids is 5. The minimum absolute atomic E-state index is 0.243. The van der Waals surface area contributed by atoms with Crippen molar-refractivity contribution in [1.29, 1.82) is 0 Å². The summed E-state index contributed by atoms with van der Waals surface area (Å²) in [6.45, 7) is 1.36. The summed E-state index contributed by atoms with van der Waals surface area (Å²) in [5.74, 6) is -6.04. The van der Waals surface area contributed by atoms with E-state index in [2.05, 4.69) is 0 Å². The zero-order valence-electron chi connectivity index (χ0n) is 23.1. The Morgan fingerprint density at radius 3 is 1.67 bits per heavy atom. The summed E-state index contributed by atoms with van der Waals surface area (Å²) in [5, 5.41) is 0. The lowest BCUT2D eigenvalue weighted by molar-refractivity contribution is -0.161. The van der Waals surface area contributed by atoms with Crippen molar-refractivity contribution in [2.24, 2.45) is 17.6 Å². The monoisotopic (exact) mass is 620 g/mol. The van der Waals surface area contributed by atoms with Crippen molar-refractivity contribution in [3.8, 4) is 5.75 Å². The molecule has 220 valence electrons. The number of hydrogen-bond acceptors (Lipinski definition) is 7. The van der Waals surface area contributed by atoms with Crippen molar-refractivity contribution >= 4 is 52.7 Å². The van der Waals surface area contributed by atoms with Crippen LogP contribution in [-0.2, 0) is 33.7 Å². The Labute approximate surface area is 256 Å². The van der Waals surface area contributed by atoms with E-state index < -0.39 is 69.6 Å². The first-order chi connectivity index (χ1) is 20.5. The highest BCUT2D eigenvalue weighted by molar-refractivity contribution is 6.36. The van der Waals surface area contributed by atoms with Gasteiger partial charge in [-0.1, -0.05) is 48.5 Å². The van der Waals surface area contributed by atoms with Crippen molar-refractivity contribution in [3.63, 3.8) is 0 Å². The molecule has 1 heterocycles. The number of Topliss-reactive ketones (excluding diaryl/α,β-unsaturated/α-hetero) is 1. The van der Waals surface area contributed by atoms with Crippen molar-refractivity contribution in [2.75, 3.05) is 7.11 Å². The average Bonchev–Trinajstić information content (AvgIpc) is 3.28. The summed E-state index contributed by atoms with van der Waals surface area (Å²) < 4.78 is 10.6. The SMILES string of the molecule is COc1ccc(C(=O)[C@H](C)OC(=O)[C@@H](CC(N)=O)N2C(=O)[C@H]3[C@H](C2=O)C2(Cl)c4ccccc4C3(Cl)c3ccccc32)cc1. The lowest BCUT2D eigenvalue weighted by Crippen LogP contribution is -2.57. The minimum atomic E-state index is -1.74. The molecule has 3 aromatic carbocycles. The smallest absolute Gasteiger partial charge is 0.330 e. The summed E-state index contributed by atoms with van der Waals surface area (Å²) in [6.07, 6.45) is -2.03. The number of methoxy groups -OCH3 is 1. The Hall–Kier alpha value is -4.21. The number of nitrogens with zero attached hydrogens (tertiary/aromatic N) is 1. The van der Waals surface area contributed by atoms with Gasteiger partial charge in [-0.2, -0.15) is 0 Å². The Morgan fingerprint density at radius 1 is 0.837 bits per heavy atom. The first-order valence-electron chi connectivity index (χ1n) is 13.6. The molecule has 2 N–H and O–H groups in total. The second kappa shape index (κ2) is 10.2. The highest BCUT2D eigenvalue weighted by Crippen LogP contribution is 2.69. The molecule has 9 nitrogen and oxygen atoms in total. The van der Waals surface area contributed by atoms with E-state index in [1.165, 1.54) is 26.2 Å². The van der Waals surface area contributed by atoms with Crippen LogP contribution in [0.3, 0.4) is 0 Å². The van der Waals surface area contributed by atoms with E-state index in [1.54, 1.807) is 60.7 Å². The molecular weight excluding hydrogens is 595 g/mol. The van der Waals surface area contributed by atoms with Crippen molar-refractivity contribution < 1.29 is 33.4 Å². The molecule has 11 heteroatoms. The van der Waals surface area contributed by atoms with Crippen molar-refractivity contribution in [2.45, 2.75) is 35.2 Å². The number of imide groups is 1. The maximum absolute atomic E-state index is 14.3. The van der Waals surface area contributed by atoms with Crippen molar-refractivity contribution in [1.82, 2.24) is 4.90 Å². The molecule has 3 amide bonds. The number of benzene rings is 3. The van der Waals surface area contributed by atoms with Gasteiger partial charge in [0.05, 0.1) is 25.4 Å². The largest absolute Gasteiger partial charge is 0.497 e. The zero-order chi connectivity index (χ0) is 30.8. The molecule has 0 saturated carbocycles. The molecular formula is C32H26Cl2N2O7. The van der Waals surface area contributed by atoms with E-state index >= 15 is 0 Å². The van der Waals surface area contributed by atoms with Crippen LogP contribution in [-0.4, -0.2) is 53.6 Å². The number of rotatable bonds is 8. The molecule has 1 aliphatic heterocycles. The van der Waals surface area contributed by atoms with Gasteiger partial charge in [-0.15, -0.1) is 23.2 Å². The molecule has 3 aromatic rings. The number of ether oxygens (including phenoxy) is 2. The molecule has 0 radical (unpaired) electrons. The molecule has 1 saturated heterocycles. The number of carbonyl (C=O) groups is 5. The fourth-order valence-corrected chi connectivity index (χ4v) is 7.86. The van der Waals surface area contributed by atoms with Gasteiger partial charge in [-0.3, -0.25) is 24.1 Å². The molecule has 3 aliphatic carbocycles. The van der Waals surface area contributed by atoms with Gasteiger partial charge >= 0.3 is 5.97 Å². The molecule has 4 aliphatic rings. The molecule has 43 heavy (non-hydrogen) atoms. The first-order valence-corrected chi connectivity index (χ1v) is 14.3. The number of halogens is 2. The number of amides is 3. The quantitative estimate of drug-likeness (QED) is 0.176. The molecule has 7 rings (SSSR count). The van der Waals surface area contributed by atoms with E-state index in [1.807, 2.05) is 0 Å². The molecule has 2 bridgehead atoms. The third kappa shape index (κ3) is 4.02. The fourth-order valence-electron chi connectivity index (χ4n) is 6.76. The number of nitrogens with two attached hydrogens (primary N) is 1. The maximum atomic E-state index is 14.3. The summed E-state index contributed by atoms with van der Waals surface area (Å²) in [7, 11) is 1.48. The fraction of sp³-hybridized carbons (Fsp3) is 0.281. The molecule has 0 aromatic heterocycles. The van der Waals surface area contributed by atoms with Gasteiger partial charge in [-0.05, 0) is 53.4 Å². The van der Waals surface area contributed by atoms with E-state index in [0.717, 1.165) is 0 Å². The predicted octanol–water partition coefficient (Wildman–Crippen LogP) is 3.65. The van der Waals surface area contributed by atoms with Crippen LogP contribution in [0.15, 0.2) is 72.8 Å². The number of primary amides is 1. The molecule has 4 atom stereocenters. The van der Waals surface area contributed by atoms with Crippen LogP contribution in [0.4, 0.5) is 0 Å². The van der Waals surface area contributed by atoms with Gasteiger partial charge in [0.15, 0.2) is 6.10 Å². The normalized spacial score (nSPS) is 26.2. The standard InChI is InChI=1S/C32H26Cl2N2O7/c1-16(27(38)17-11-13-18(42-2)14-12-17)43-30(41)23(15-24(35)37)36-28(39)25-26(29(36)40)32(34)20-8-4-3-7-19(20)31(25,33)21-9-5-6-10-22(21)32/h3-14,16,23,25-26H,15H2,1-2H3,(H2,35,37)/t16-,23+,25+,26+,31?,32?/m0/s1. The number of esters is 1. The van der Waals surface area contributed by atoms with Crippen LogP contribution in [0.5, 0.6) is 5.75 Å². The summed E-state index contributed by atoms with van der Waals surface area (Å²) in [4.78, 5) is 65.0. The highest BCUT2D eigenvalue weighted by Gasteiger charge is 2.74. The molecule has 1 fully saturated rings. The first kappa shape index (κ1) is 28.9. The van der Waals surface area contributed by atoms with E-state index in [9.17, 15) is 24.0 Å². The number of likely N-dealkylation sites (tertiary alicyclic amines) is 1. The molecule has 0 unspecified atom stereocenters. The third-order valence-electron chi connectivity index (χ3n) is 8.63. The lowest BCUT2D eigenvalue weighted by Gasteiger charge is -2.54. The van der Waals surface area contributed by atoms with Gasteiger partial charge in [0.1, 0.15) is 21.5 Å². The second-order valence-corrected chi connectivity index (χ2v) is 12.1. The van der Waals surface area contributed by atoms with Crippen molar-refractivity contribution in [3.05, 3.63) is 101 Å². The summed E-state index contributed by atoms with van der Waals surface area (Å²) in [5.41, 5.74) is 8.06. The van der Waals surface area contributed by atoms with Gasteiger partial charge in [0.25, 0.3) is 0 Å². The Balaban J connectivity index is 1.38. The van der Waals surface area contributed by atoms with Crippen LogP contribution in [0.2, 0.25) is 0 Å². The minimum Gasteiger partial charge on any atom is -0.497 e. The van der Waals surface area contributed by atoms with Crippen LogP contribution >= 0.6 is 23.2 Å². The van der Waals surface area contributed by atoms with Gasteiger partial charge in [0.2, 0.25) is 23.5 Å². The van der Waals surface area contributed by atoms with E-state index in [0.29, 0.717) is 32.9 Å². The maximum Gasteiger partial charge on any atom is 0.330 e. The highest BCUT2D eigenvalue weighted by atomic mass is 35.5. The Morgan fingerprint density at radius 2 is 1.28 bits per heavy atom. The number of hydrogen-bond donors (Lipinski definition) is 1. The van der Waals surface area contributed by atoms with E-state index in [-0.39, 0.29) is 5.56 Å². The average molecular weight is 621 g/mol. The summed E-state index contributed by atoms with van der Waals surface area (Å²) >= 11 is 14.9. The predicted molar refractivity (Wildman–Crippen MR) is 155 cm³/mol. The van der Waals surface area contributed by atoms with Crippen LogP contribution in [0, 0.1) is 11.8 Å².